The predicted octanol–water partition coefficient (Wildman–Crippen LogP) is 1.94. The first-order valence-corrected chi connectivity index (χ1v) is 5.53. The Labute approximate surface area is 81.0 Å². The van der Waals surface area contributed by atoms with E-state index in [1.54, 1.807) is 0 Å². The molecule has 2 unspecified atom stereocenters. The van der Waals surface area contributed by atoms with Gasteiger partial charge < -0.3 is 10.1 Å². The van der Waals surface area contributed by atoms with Gasteiger partial charge in [-0.05, 0) is 31.1 Å². The summed E-state index contributed by atoms with van der Waals surface area (Å²) in [4.78, 5) is 0. The van der Waals surface area contributed by atoms with Crippen molar-refractivity contribution >= 4 is 0 Å². The Balaban J connectivity index is 1.62. The number of nitrogens with one attached hydrogen (secondary N) is 1. The average Bonchev–Trinajstić information content (AvgIpc) is 2.73. The monoisotopic (exact) mass is 183 g/mol. The van der Waals surface area contributed by atoms with Gasteiger partial charge in [-0.2, -0.15) is 0 Å². The molecule has 0 aromatic heterocycles. The molecule has 76 valence electrons. The number of hydrogen-bond acceptors (Lipinski definition) is 2. The summed E-state index contributed by atoms with van der Waals surface area (Å²) in [5.41, 5.74) is 0.550. The summed E-state index contributed by atoms with van der Waals surface area (Å²) in [5.74, 6) is 0. The number of hydrogen-bond donors (Lipinski definition) is 1. The highest BCUT2D eigenvalue weighted by atomic mass is 16.5. The molecule has 1 N–H and O–H groups in total. The summed E-state index contributed by atoms with van der Waals surface area (Å²) < 4.78 is 5.66. The van der Waals surface area contributed by atoms with Gasteiger partial charge in [0.15, 0.2) is 0 Å². The van der Waals surface area contributed by atoms with Crippen LogP contribution in [0.3, 0.4) is 0 Å². The maximum absolute atomic E-state index is 5.66. The van der Waals surface area contributed by atoms with Crippen molar-refractivity contribution in [2.45, 2.75) is 51.7 Å². The van der Waals surface area contributed by atoms with Crippen LogP contribution in [-0.2, 0) is 4.74 Å². The first kappa shape index (κ1) is 9.47. The van der Waals surface area contributed by atoms with Gasteiger partial charge in [0.05, 0.1) is 6.10 Å². The Bertz CT molecular complexity index is 173. The van der Waals surface area contributed by atoms with E-state index in [-0.39, 0.29) is 0 Å². The second kappa shape index (κ2) is 3.58. The van der Waals surface area contributed by atoms with Crippen LogP contribution in [0.15, 0.2) is 0 Å². The van der Waals surface area contributed by atoms with Gasteiger partial charge in [-0.1, -0.05) is 13.8 Å². The van der Waals surface area contributed by atoms with Crippen molar-refractivity contribution in [2.75, 3.05) is 13.2 Å². The van der Waals surface area contributed by atoms with Gasteiger partial charge >= 0.3 is 0 Å². The molecular formula is C11H21NO. The molecule has 1 aliphatic carbocycles. The zero-order valence-corrected chi connectivity index (χ0v) is 8.81. The van der Waals surface area contributed by atoms with E-state index < -0.39 is 0 Å². The summed E-state index contributed by atoms with van der Waals surface area (Å²) in [5, 5.41) is 3.59. The molecule has 1 heterocycles. The fourth-order valence-corrected chi connectivity index (χ4v) is 2.06. The van der Waals surface area contributed by atoms with E-state index >= 15 is 0 Å². The van der Waals surface area contributed by atoms with E-state index in [4.69, 9.17) is 4.74 Å². The smallest absolute Gasteiger partial charge is 0.0699 e. The van der Waals surface area contributed by atoms with Gasteiger partial charge in [-0.25, -0.2) is 0 Å². The van der Waals surface area contributed by atoms with Crippen molar-refractivity contribution in [3.8, 4) is 0 Å². The Morgan fingerprint density at radius 1 is 1.38 bits per heavy atom. The molecule has 0 bridgehead atoms. The molecule has 2 nitrogen and oxygen atoms in total. The lowest BCUT2D eigenvalue weighted by atomic mass is 10.1. The quantitative estimate of drug-likeness (QED) is 0.722. The van der Waals surface area contributed by atoms with Gasteiger partial charge in [0, 0.05) is 19.2 Å². The van der Waals surface area contributed by atoms with Crippen molar-refractivity contribution in [2.24, 2.45) is 5.41 Å². The van der Waals surface area contributed by atoms with Crippen LogP contribution in [-0.4, -0.2) is 25.3 Å². The standard InChI is InChI=1S/C11H21NO/c1-11(2)7-10(11)12-8-9-5-3-4-6-13-9/h9-10,12H,3-8H2,1-2H3. The summed E-state index contributed by atoms with van der Waals surface area (Å²) in [6.45, 7) is 6.69. The molecule has 2 heteroatoms. The minimum atomic E-state index is 0.491. The lowest BCUT2D eigenvalue weighted by Crippen LogP contribution is -2.34. The Kier molecular flexibility index (Phi) is 2.61. The van der Waals surface area contributed by atoms with E-state index in [2.05, 4.69) is 19.2 Å². The minimum Gasteiger partial charge on any atom is -0.377 e. The molecule has 13 heavy (non-hydrogen) atoms. The van der Waals surface area contributed by atoms with Gasteiger partial charge in [0.2, 0.25) is 0 Å². The van der Waals surface area contributed by atoms with Gasteiger partial charge in [0.25, 0.3) is 0 Å². The third-order valence-corrected chi connectivity index (χ3v) is 3.38. The van der Waals surface area contributed by atoms with Crippen molar-refractivity contribution in [1.29, 1.82) is 0 Å². The minimum absolute atomic E-state index is 0.491. The zero-order valence-electron chi connectivity index (χ0n) is 8.81. The summed E-state index contributed by atoms with van der Waals surface area (Å²) in [6.07, 6.45) is 5.68. The largest absolute Gasteiger partial charge is 0.377 e. The molecule has 2 atom stereocenters. The Hall–Kier alpha value is -0.0800. The number of rotatable bonds is 3. The maximum atomic E-state index is 5.66. The predicted molar refractivity (Wildman–Crippen MR) is 53.8 cm³/mol. The molecule has 2 aliphatic rings. The molecule has 1 saturated heterocycles. The molecule has 0 aromatic carbocycles. The van der Waals surface area contributed by atoms with Crippen LogP contribution in [0.4, 0.5) is 0 Å². The molecule has 2 rings (SSSR count). The average molecular weight is 183 g/mol. The molecule has 1 aliphatic heterocycles. The van der Waals surface area contributed by atoms with Crippen LogP contribution in [0.5, 0.6) is 0 Å². The summed E-state index contributed by atoms with van der Waals surface area (Å²) in [7, 11) is 0. The highest BCUT2D eigenvalue weighted by molar-refractivity contribution is 5.01. The third kappa shape index (κ3) is 2.44. The van der Waals surface area contributed by atoms with Crippen molar-refractivity contribution in [3.05, 3.63) is 0 Å². The zero-order chi connectivity index (χ0) is 9.31. The van der Waals surface area contributed by atoms with Gasteiger partial charge in [-0.3, -0.25) is 0 Å². The van der Waals surface area contributed by atoms with E-state index in [1.807, 2.05) is 0 Å². The maximum Gasteiger partial charge on any atom is 0.0699 e. The fourth-order valence-electron chi connectivity index (χ4n) is 2.06. The lowest BCUT2D eigenvalue weighted by molar-refractivity contribution is 0.0163. The topological polar surface area (TPSA) is 21.3 Å². The summed E-state index contributed by atoms with van der Waals surface area (Å²) in [6, 6.07) is 0.748. The van der Waals surface area contributed by atoms with E-state index in [0.29, 0.717) is 11.5 Å². The molecular weight excluding hydrogens is 162 g/mol. The highest BCUT2D eigenvalue weighted by Crippen LogP contribution is 2.44. The van der Waals surface area contributed by atoms with Crippen molar-refractivity contribution < 1.29 is 4.74 Å². The van der Waals surface area contributed by atoms with Crippen molar-refractivity contribution in [3.63, 3.8) is 0 Å². The fraction of sp³-hybridized carbons (Fsp3) is 1.00. The van der Waals surface area contributed by atoms with E-state index in [1.165, 1.54) is 25.7 Å². The second-order valence-electron chi connectivity index (χ2n) is 5.14. The third-order valence-electron chi connectivity index (χ3n) is 3.38. The molecule has 2 fully saturated rings. The first-order chi connectivity index (χ1) is 6.18. The van der Waals surface area contributed by atoms with Crippen LogP contribution in [0, 0.1) is 5.41 Å². The van der Waals surface area contributed by atoms with Crippen LogP contribution >= 0.6 is 0 Å². The summed E-state index contributed by atoms with van der Waals surface area (Å²) >= 11 is 0. The Morgan fingerprint density at radius 2 is 2.15 bits per heavy atom. The molecule has 1 saturated carbocycles. The second-order valence-corrected chi connectivity index (χ2v) is 5.14. The van der Waals surface area contributed by atoms with Crippen LogP contribution in [0.1, 0.15) is 39.5 Å². The molecule has 0 amide bonds. The highest BCUT2D eigenvalue weighted by Gasteiger charge is 2.45. The lowest BCUT2D eigenvalue weighted by Gasteiger charge is -2.23. The van der Waals surface area contributed by atoms with E-state index in [9.17, 15) is 0 Å². The van der Waals surface area contributed by atoms with Gasteiger partial charge in [-0.15, -0.1) is 0 Å². The first-order valence-electron chi connectivity index (χ1n) is 5.53. The van der Waals surface area contributed by atoms with Gasteiger partial charge in [0.1, 0.15) is 0 Å². The molecule has 0 radical (unpaired) electrons. The molecule has 0 spiro atoms. The Morgan fingerprint density at radius 3 is 2.69 bits per heavy atom. The van der Waals surface area contributed by atoms with Crippen molar-refractivity contribution in [1.82, 2.24) is 5.32 Å². The van der Waals surface area contributed by atoms with Crippen LogP contribution in [0.2, 0.25) is 0 Å². The van der Waals surface area contributed by atoms with E-state index in [0.717, 1.165) is 19.2 Å². The van der Waals surface area contributed by atoms with Crippen LogP contribution < -0.4 is 5.32 Å². The number of ether oxygens (including phenoxy) is 1. The molecule has 0 aromatic rings. The normalized spacial score (nSPS) is 37.4. The van der Waals surface area contributed by atoms with Crippen LogP contribution in [0.25, 0.3) is 0 Å². The SMILES string of the molecule is CC1(C)CC1NCC1CCCCO1.